The molecule has 2 heteroatoms. The fraction of sp³-hybridized carbons (Fsp3) is 1.00. The van der Waals surface area contributed by atoms with Crippen LogP contribution in [0.1, 0.15) is 27.7 Å². The molecule has 1 fully saturated rings. The zero-order chi connectivity index (χ0) is 10.7. The monoisotopic (exact) mass is 199 g/mol. The van der Waals surface area contributed by atoms with Crippen LogP contribution >= 0.6 is 0 Å². The summed E-state index contributed by atoms with van der Waals surface area (Å²) in [6.07, 6.45) is 0. The predicted octanol–water partition coefficient (Wildman–Crippen LogP) is 2.25. The average molecular weight is 199 g/mol. The molecule has 14 heavy (non-hydrogen) atoms. The van der Waals surface area contributed by atoms with Gasteiger partial charge in [-0.05, 0) is 31.6 Å². The molecule has 84 valence electrons. The third-order valence-corrected chi connectivity index (χ3v) is 3.49. The molecule has 0 aromatic rings. The molecule has 0 bridgehead atoms. The molecule has 2 atom stereocenters. The van der Waals surface area contributed by atoms with Gasteiger partial charge in [-0.3, -0.25) is 0 Å². The molecule has 0 N–H and O–H groups in total. The first-order chi connectivity index (χ1) is 6.56. The van der Waals surface area contributed by atoms with E-state index in [1.165, 1.54) is 13.1 Å². The van der Waals surface area contributed by atoms with Crippen LogP contribution in [0, 0.1) is 17.8 Å². The van der Waals surface area contributed by atoms with Crippen LogP contribution in [0.5, 0.6) is 0 Å². The molecule has 0 saturated carbocycles. The fourth-order valence-electron chi connectivity index (χ4n) is 2.50. The molecule has 0 amide bonds. The van der Waals surface area contributed by atoms with Crippen LogP contribution < -0.4 is 0 Å². The largest absolute Gasteiger partial charge is 0.384 e. The maximum absolute atomic E-state index is 5.31. The third-order valence-electron chi connectivity index (χ3n) is 3.49. The second kappa shape index (κ2) is 5.13. The van der Waals surface area contributed by atoms with E-state index < -0.39 is 0 Å². The number of rotatable bonds is 4. The maximum atomic E-state index is 5.31. The summed E-state index contributed by atoms with van der Waals surface area (Å²) in [7, 11) is 1.81. The molecule has 2 nitrogen and oxygen atoms in total. The Kier molecular flexibility index (Phi) is 4.39. The summed E-state index contributed by atoms with van der Waals surface area (Å²) in [5.41, 5.74) is 0. The van der Waals surface area contributed by atoms with E-state index >= 15 is 0 Å². The quantitative estimate of drug-likeness (QED) is 0.688. The summed E-state index contributed by atoms with van der Waals surface area (Å²) in [4.78, 5) is 2.58. The van der Waals surface area contributed by atoms with Crippen molar-refractivity contribution < 1.29 is 4.74 Å². The van der Waals surface area contributed by atoms with Crippen molar-refractivity contribution in [3.63, 3.8) is 0 Å². The summed E-state index contributed by atoms with van der Waals surface area (Å²) in [5, 5.41) is 0. The van der Waals surface area contributed by atoms with Crippen molar-refractivity contribution in [2.75, 3.05) is 26.8 Å². The van der Waals surface area contributed by atoms with Gasteiger partial charge in [0.25, 0.3) is 0 Å². The minimum atomic E-state index is 0.679. The standard InChI is InChI=1S/C12H25NO/c1-9(2)12-7-13(10(3)4)6-11(12)8-14-5/h9-12H,6-8H2,1-5H3. The molecule has 0 spiro atoms. The van der Waals surface area contributed by atoms with Gasteiger partial charge in [0.2, 0.25) is 0 Å². The lowest BCUT2D eigenvalue weighted by atomic mass is 9.87. The second-order valence-electron chi connectivity index (χ2n) is 5.17. The third kappa shape index (κ3) is 2.71. The molecule has 1 aliphatic rings. The van der Waals surface area contributed by atoms with Crippen LogP contribution in [0.3, 0.4) is 0 Å². The molecule has 1 rings (SSSR count). The number of hydrogen-bond donors (Lipinski definition) is 0. The normalized spacial score (nSPS) is 29.4. The van der Waals surface area contributed by atoms with Gasteiger partial charge in [-0.2, -0.15) is 0 Å². The van der Waals surface area contributed by atoms with Crippen molar-refractivity contribution >= 4 is 0 Å². The number of hydrogen-bond acceptors (Lipinski definition) is 2. The lowest BCUT2D eigenvalue weighted by Gasteiger charge is -2.21. The van der Waals surface area contributed by atoms with Crippen molar-refractivity contribution in [1.29, 1.82) is 0 Å². The second-order valence-corrected chi connectivity index (χ2v) is 5.17. The topological polar surface area (TPSA) is 12.5 Å². The molecule has 1 heterocycles. The lowest BCUT2D eigenvalue weighted by molar-refractivity contribution is 0.125. The number of likely N-dealkylation sites (tertiary alicyclic amines) is 1. The number of ether oxygens (including phenoxy) is 1. The van der Waals surface area contributed by atoms with Crippen LogP contribution in [0.4, 0.5) is 0 Å². The first-order valence-electron chi connectivity index (χ1n) is 5.79. The van der Waals surface area contributed by atoms with Crippen LogP contribution in [0.25, 0.3) is 0 Å². The van der Waals surface area contributed by atoms with Crippen molar-refractivity contribution in [2.45, 2.75) is 33.7 Å². The Labute approximate surface area is 88.6 Å². The highest BCUT2D eigenvalue weighted by Crippen LogP contribution is 2.30. The van der Waals surface area contributed by atoms with Crippen molar-refractivity contribution in [2.24, 2.45) is 17.8 Å². The first kappa shape index (κ1) is 12.0. The van der Waals surface area contributed by atoms with Gasteiger partial charge in [0.05, 0.1) is 6.61 Å². The fourth-order valence-corrected chi connectivity index (χ4v) is 2.50. The summed E-state index contributed by atoms with van der Waals surface area (Å²) in [5.74, 6) is 2.33. The van der Waals surface area contributed by atoms with E-state index in [1.54, 1.807) is 0 Å². The molecule has 1 aliphatic heterocycles. The van der Waals surface area contributed by atoms with E-state index in [9.17, 15) is 0 Å². The SMILES string of the molecule is COCC1CN(C(C)C)CC1C(C)C. The van der Waals surface area contributed by atoms with E-state index in [1.807, 2.05) is 7.11 Å². The van der Waals surface area contributed by atoms with E-state index in [0.29, 0.717) is 6.04 Å². The Balaban J connectivity index is 2.55. The molecule has 0 radical (unpaired) electrons. The summed E-state index contributed by atoms with van der Waals surface area (Å²) < 4.78 is 5.31. The van der Waals surface area contributed by atoms with E-state index in [0.717, 1.165) is 24.4 Å². The van der Waals surface area contributed by atoms with Gasteiger partial charge in [-0.25, -0.2) is 0 Å². The molecule has 2 unspecified atom stereocenters. The van der Waals surface area contributed by atoms with Gasteiger partial charge in [0, 0.05) is 26.2 Å². The Morgan fingerprint density at radius 1 is 1.21 bits per heavy atom. The van der Waals surface area contributed by atoms with E-state index in [2.05, 4.69) is 32.6 Å². The number of methoxy groups -OCH3 is 1. The van der Waals surface area contributed by atoms with Gasteiger partial charge in [-0.15, -0.1) is 0 Å². The molecule has 0 aliphatic carbocycles. The molecule has 1 saturated heterocycles. The van der Waals surface area contributed by atoms with Crippen LogP contribution in [0.2, 0.25) is 0 Å². The zero-order valence-corrected chi connectivity index (χ0v) is 10.3. The maximum Gasteiger partial charge on any atom is 0.0505 e. The lowest BCUT2D eigenvalue weighted by Crippen LogP contribution is -2.29. The van der Waals surface area contributed by atoms with Gasteiger partial charge < -0.3 is 9.64 Å². The molecular weight excluding hydrogens is 174 g/mol. The van der Waals surface area contributed by atoms with Gasteiger partial charge in [-0.1, -0.05) is 13.8 Å². The average Bonchev–Trinajstić information content (AvgIpc) is 2.49. The smallest absolute Gasteiger partial charge is 0.0505 e. The Morgan fingerprint density at radius 2 is 1.86 bits per heavy atom. The Morgan fingerprint density at radius 3 is 2.29 bits per heavy atom. The van der Waals surface area contributed by atoms with Crippen LogP contribution in [-0.4, -0.2) is 37.7 Å². The minimum Gasteiger partial charge on any atom is -0.384 e. The Bertz CT molecular complexity index is 168. The summed E-state index contributed by atoms with van der Waals surface area (Å²) in [6.45, 7) is 12.6. The van der Waals surface area contributed by atoms with Gasteiger partial charge in [0.15, 0.2) is 0 Å². The van der Waals surface area contributed by atoms with Crippen molar-refractivity contribution in [3.8, 4) is 0 Å². The van der Waals surface area contributed by atoms with Crippen molar-refractivity contribution in [1.82, 2.24) is 4.90 Å². The predicted molar refractivity (Wildman–Crippen MR) is 60.4 cm³/mol. The molecular formula is C12H25NO. The molecule has 0 aromatic carbocycles. The highest BCUT2D eigenvalue weighted by atomic mass is 16.5. The molecule has 0 aromatic heterocycles. The summed E-state index contributed by atoms with van der Waals surface area (Å²) >= 11 is 0. The summed E-state index contributed by atoms with van der Waals surface area (Å²) in [6, 6.07) is 0.679. The zero-order valence-electron chi connectivity index (χ0n) is 10.3. The van der Waals surface area contributed by atoms with Crippen LogP contribution in [0.15, 0.2) is 0 Å². The minimum absolute atomic E-state index is 0.679. The van der Waals surface area contributed by atoms with Gasteiger partial charge >= 0.3 is 0 Å². The van der Waals surface area contributed by atoms with Gasteiger partial charge in [0.1, 0.15) is 0 Å². The highest BCUT2D eigenvalue weighted by molar-refractivity contribution is 4.86. The van der Waals surface area contributed by atoms with E-state index in [-0.39, 0.29) is 0 Å². The number of nitrogens with zero attached hydrogens (tertiary/aromatic N) is 1. The van der Waals surface area contributed by atoms with Crippen molar-refractivity contribution in [3.05, 3.63) is 0 Å². The first-order valence-corrected chi connectivity index (χ1v) is 5.79. The van der Waals surface area contributed by atoms with Crippen LogP contribution in [-0.2, 0) is 4.74 Å². The Hall–Kier alpha value is -0.0800. The highest BCUT2D eigenvalue weighted by Gasteiger charge is 2.35. The van der Waals surface area contributed by atoms with E-state index in [4.69, 9.17) is 4.74 Å².